The van der Waals surface area contributed by atoms with Crippen molar-refractivity contribution in [3.05, 3.63) is 23.3 Å². The monoisotopic (exact) mass is 440 g/mol. The number of benzene rings is 1. The van der Waals surface area contributed by atoms with Crippen LogP contribution >= 0.6 is 0 Å². The third-order valence-corrected chi connectivity index (χ3v) is 7.64. The molecule has 1 aromatic rings. The molecule has 5 nitrogen and oxygen atoms in total. The zero-order valence-corrected chi connectivity index (χ0v) is 17.9. The maximum Gasteiger partial charge on any atom is 0.490 e. The summed E-state index contributed by atoms with van der Waals surface area (Å²) in [5.41, 5.74) is 1.64. The number of esters is 2. The predicted molar refractivity (Wildman–Crippen MR) is 105 cm³/mol. The fourth-order valence-corrected chi connectivity index (χ4v) is 6.35. The molecule has 0 saturated heterocycles. The molecule has 8 heteroatoms. The molecule has 4 rings (SSSR count). The van der Waals surface area contributed by atoms with Crippen molar-refractivity contribution >= 4 is 11.9 Å². The summed E-state index contributed by atoms with van der Waals surface area (Å²) in [5, 5.41) is 0. The molecule has 0 spiro atoms. The van der Waals surface area contributed by atoms with Gasteiger partial charge >= 0.3 is 18.1 Å². The number of aryl methyl sites for hydroxylation is 1. The van der Waals surface area contributed by atoms with Crippen molar-refractivity contribution in [2.24, 2.45) is 17.3 Å². The van der Waals surface area contributed by atoms with Crippen LogP contribution < -0.4 is 9.47 Å². The molecule has 0 N–H and O–H groups in total. The zero-order valence-electron chi connectivity index (χ0n) is 17.9. The SMILES string of the molecule is COc1cc2c(c(OC(C)=O)c1)[C@H]1CC[C@]3(C)[C@@H](OC(=O)C(F)(F)F)CC[C@H]3[C@@H]1CC2. The summed E-state index contributed by atoms with van der Waals surface area (Å²) in [4.78, 5) is 23.2. The van der Waals surface area contributed by atoms with E-state index < -0.39 is 29.6 Å². The van der Waals surface area contributed by atoms with E-state index in [1.54, 1.807) is 13.2 Å². The second-order valence-electron chi connectivity index (χ2n) is 9.22. The van der Waals surface area contributed by atoms with Gasteiger partial charge in [0.15, 0.2) is 0 Å². The number of alkyl halides is 3. The van der Waals surface area contributed by atoms with Crippen LogP contribution in [-0.4, -0.2) is 31.3 Å². The van der Waals surface area contributed by atoms with Crippen LogP contribution in [0.2, 0.25) is 0 Å². The normalized spacial score (nSPS) is 31.8. The number of carbonyl (C=O) groups excluding carboxylic acids is 2. The average Bonchev–Trinajstić information content (AvgIpc) is 3.02. The highest BCUT2D eigenvalue weighted by molar-refractivity contribution is 5.76. The molecule has 3 aliphatic carbocycles. The Balaban J connectivity index is 1.63. The van der Waals surface area contributed by atoms with E-state index in [0.717, 1.165) is 36.8 Å². The Morgan fingerprint density at radius 3 is 2.52 bits per heavy atom. The number of fused-ring (bicyclic) bond motifs is 5. The molecule has 170 valence electrons. The van der Waals surface area contributed by atoms with Gasteiger partial charge in [0.05, 0.1) is 7.11 Å². The molecule has 2 fully saturated rings. The predicted octanol–water partition coefficient (Wildman–Crippen LogP) is 4.95. The van der Waals surface area contributed by atoms with E-state index in [2.05, 4.69) is 0 Å². The summed E-state index contributed by atoms with van der Waals surface area (Å²) in [6.45, 7) is 3.33. The highest BCUT2D eigenvalue weighted by atomic mass is 19.4. The number of hydrogen-bond acceptors (Lipinski definition) is 5. The number of methoxy groups -OCH3 is 1. The van der Waals surface area contributed by atoms with Gasteiger partial charge in [-0.05, 0) is 67.9 Å². The minimum Gasteiger partial charge on any atom is -0.497 e. The van der Waals surface area contributed by atoms with Crippen LogP contribution in [0.15, 0.2) is 12.1 Å². The Labute approximate surface area is 179 Å². The quantitative estimate of drug-likeness (QED) is 0.492. The number of halogens is 3. The summed E-state index contributed by atoms with van der Waals surface area (Å²) in [5.74, 6) is -0.814. The largest absolute Gasteiger partial charge is 0.497 e. The molecule has 0 unspecified atom stereocenters. The Kier molecular flexibility index (Phi) is 5.46. The molecule has 0 heterocycles. The van der Waals surface area contributed by atoms with E-state index in [4.69, 9.17) is 14.2 Å². The maximum absolute atomic E-state index is 12.8. The summed E-state index contributed by atoms with van der Waals surface area (Å²) < 4.78 is 54.2. The van der Waals surface area contributed by atoms with Crippen molar-refractivity contribution in [3.63, 3.8) is 0 Å². The molecule has 1 aromatic carbocycles. The lowest BCUT2D eigenvalue weighted by molar-refractivity contribution is -0.211. The lowest BCUT2D eigenvalue weighted by Crippen LogP contribution is -2.46. The van der Waals surface area contributed by atoms with Crippen LogP contribution in [0.5, 0.6) is 11.5 Å². The third kappa shape index (κ3) is 3.78. The highest BCUT2D eigenvalue weighted by Gasteiger charge is 2.58. The fraction of sp³-hybridized carbons (Fsp3) is 0.652. The maximum atomic E-state index is 12.8. The zero-order chi connectivity index (χ0) is 22.6. The fourth-order valence-electron chi connectivity index (χ4n) is 6.35. The number of carbonyl (C=O) groups is 2. The van der Waals surface area contributed by atoms with Gasteiger partial charge in [-0.3, -0.25) is 4.79 Å². The van der Waals surface area contributed by atoms with E-state index in [0.29, 0.717) is 24.3 Å². The minimum atomic E-state index is -4.98. The van der Waals surface area contributed by atoms with Crippen LogP contribution in [0.1, 0.15) is 63.0 Å². The molecule has 0 radical (unpaired) electrons. The van der Waals surface area contributed by atoms with Gasteiger partial charge in [0.1, 0.15) is 17.6 Å². The lowest BCUT2D eigenvalue weighted by Gasteiger charge is -2.50. The van der Waals surface area contributed by atoms with Crippen LogP contribution in [-0.2, 0) is 20.7 Å². The second-order valence-corrected chi connectivity index (χ2v) is 9.22. The van der Waals surface area contributed by atoms with Crippen molar-refractivity contribution in [2.75, 3.05) is 7.11 Å². The topological polar surface area (TPSA) is 61.8 Å². The smallest absolute Gasteiger partial charge is 0.490 e. The molecule has 0 aromatic heterocycles. The molecule has 5 atom stereocenters. The summed E-state index contributed by atoms with van der Waals surface area (Å²) in [6, 6.07) is 3.72. The molecule has 3 aliphatic rings. The van der Waals surface area contributed by atoms with Crippen LogP contribution in [0.3, 0.4) is 0 Å². The van der Waals surface area contributed by atoms with Gasteiger partial charge in [0.2, 0.25) is 0 Å². The Bertz CT molecular complexity index is 896. The molecule has 0 bridgehead atoms. The van der Waals surface area contributed by atoms with Crippen LogP contribution in [0, 0.1) is 17.3 Å². The van der Waals surface area contributed by atoms with E-state index in [-0.39, 0.29) is 17.8 Å². The molecular formula is C23H27F3O5. The third-order valence-electron chi connectivity index (χ3n) is 7.64. The van der Waals surface area contributed by atoms with E-state index in [1.807, 2.05) is 13.0 Å². The summed E-state index contributed by atoms with van der Waals surface area (Å²) in [6.07, 6.45) is -1.47. The van der Waals surface area contributed by atoms with Crippen molar-refractivity contribution in [1.82, 2.24) is 0 Å². The summed E-state index contributed by atoms with van der Waals surface area (Å²) >= 11 is 0. The molecule has 31 heavy (non-hydrogen) atoms. The van der Waals surface area contributed by atoms with Crippen molar-refractivity contribution < 1.29 is 37.0 Å². The van der Waals surface area contributed by atoms with Crippen LogP contribution in [0.4, 0.5) is 13.2 Å². The Morgan fingerprint density at radius 1 is 1.13 bits per heavy atom. The van der Waals surface area contributed by atoms with Gasteiger partial charge in [-0.15, -0.1) is 0 Å². The molecule has 0 aliphatic heterocycles. The van der Waals surface area contributed by atoms with Gasteiger partial charge in [0, 0.05) is 24.0 Å². The second kappa shape index (κ2) is 7.71. The van der Waals surface area contributed by atoms with Crippen LogP contribution in [0.25, 0.3) is 0 Å². The van der Waals surface area contributed by atoms with E-state index in [1.165, 1.54) is 6.92 Å². The molecular weight excluding hydrogens is 413 g/mol. The standard InChI is InChI=1S/C23H27F3O5/c1-12(27)30-18-11-14(29-3)10-13-4-5-15-16(20(13)18)8-9-22(2)17(15)6-7-19(22)31-21(28)23(24,25)26/h10-11,15-17,19H,4-9H2,1-3H3/t15-,16+,17+,19+,22+/m1/s1. The van der Waals surface area contributed by atoms with Gasteiger partial charge in [-0.1, -0.05) is 6.92 Å². The molecule has 2 saturated carbocycles. The lowest BCUT2D eigenvalue weighted by atomic mass is 9.55. The first-order valence-electron chi connectivity index (χ1n) is 10.7. The number of rotatable bonds is 3. The minimum absolute atomic E-state index is 0.151. The number of hydrogen-bond donors (Lipinski definition) is 0. The first-order valence-corrected chi connectivity index (χ1v) is 10.7. The van der Waals surface area contributed by atoms with E-state index in [9.17, 15) is 22.8 Å². The Hall–Kier alpha value is -2.25. The van der Waals surface area contributed by atoms with Gasteiger partial charge in [0.25, 0.3) is 0 Å². The van der Waals surface area contributed by atoms with Crippen molar-refractivity contribution in [2.45, 2.75) is 70.6 Å². The first kappa shape index (κ1) is 22.0. The first-order chi connectivity index (χ1) is 14.5. The van der Waals surface area contributed by atoms with E-state index >= 15 is 0 Å². The molecule has 0 amide bonds. The highest BCUT2D eigenvalue weighted by Crippen LogP contribution is 2.62. The Morgan fingerprint density at radius 2 is 1.87 bits per heavy atom. The van der Waals surface area contributed by atoms with Gasteiger partial charge in [-0.25, -0.2) is 4.79 Å². The van der Waals surface area contributed by atoms with Gasteiger partial charge in [-0.2, -0.15) is 13.2 Å². The van der Waals surface area contributed by atoms with Crippen molar-refractivity contribution in [1.29, 1.82) is 0 Å². The van der Waals surface area contributed by atoms with Crippen molar-refractivity contribution in [3.8, 4) is 11.5 Å². The summed E-state index contributed by atoms with van der Waals surface area (Å²) in [7, 11) is 1.57. The average molecular weight is 440 g/mol. The number of ether oxygens (including phenoxy) is 3. The van der Waals surface area contributed by atoms with Gasteiger partial charge < -0.3 is 14.2 Å².